The fourth-order valence-electron chi connectivity index (χ4n) is 3.87. The molecule has 3 atom stereocenters. The van der Waals surface area contributed by atoms with Crippen LogP contribution >= 0.6 is 0 Å². The van der Waals surface area contributed by atoms with Gasteiger partial charge in [-0.15, -0.1) is 0 Å². The topological polar surface area (TPSA) is 66.8 Å². The van der Waals surface area contributed by atoms with Gasteiger partial charge >= 0.3 is 12.1 Å². The molecular formula is C17H21NO4. The Morgan fingerprint density at radius 2 is 2.00 bits per heavy atom. The first-order valence-corrected chi connectivity index (χ1v) is 7.84. The van der Waals surface area contributed by atoms with Crippen LogP contribution in [0.1, 0.15) is 31.2 Å². The predicted molar refractivity (Wildman–Crippen MR) is 80.2 cm³/mol. The van der Waals surface area contributed by atoms with Crippen molar-refractivity contribution in [3.05, 3.63) is 35.9 Å². The molecule has 1 aromatic carbocycles. The lowest BCUT2D eigenvalue weighted by Crippen LogP contribution is -2.39. The first-order chi connectivity index (χ1) is 10.6. The van der Waals surface area contributed by atoms with Crippen molar-refractivity contribution in [3.63, 3.8) is 0 Å². The van der Waals surface area contributed by atoms with Crippen LogP contribution in [0.15, 0.2) is 30.3 Å². The Morgan fingerprint density at radius 3 is 2.73 bits per heavy atom. The van der Waals surface area contributed by atoms with Crippen molar-refractivity contribution < 1.29 is 19.4 Å². The van der Waals surface area contributed by atoms with E-state index in [1.54, 1.807) is 4.90 Å². The molecule has 1 aliphatic carbocycles. The lowest BCUT2D eigenvalue weighted by Gasteiger charge is -2.26. The summed E-state index contributed by atoms with van der Waals surface area (Å²) in [6, 6.07) is 9.30. The fraction of sp³-hybridized carbons (Fsp3) is 0.529. The van der Waals surface area contributed by atoms with Crippen molar-refractivity contribution in [2.75, 3.05) is 6.54 Å². The van der Waals surface area contributed by atoms with E-state index in [1.165, 1.54) is 0 Å². The molecule has 1 heterocycles. The van der Waals surface area contributed by atoms with Gasteiger partial charge in [0.25, 0.3) is 0 Å². The third kappa shape index (κ3) is 3.08. The number of hydrogen-bond acceptors (Lipinski definition) is 3. The maximum Gasteiger partial charge on any atom is 0.410 e. The Morgan fingerprint density at radius 1 is 1.23 bits per heavy atom. The summed E-state index contributed by atoms with van der Waals surface area (Å²) in [5, 5.41) is 9.12. The van der Waals surface area contributed by atoms with E-state index in [4.69, 9.17) is 9.84 Å². The molecule has 22 heavy (non-hydrogen) atoms. The van der Waals surface area contributed by atoms with Gasteiger partial charge in [0.1, 0.15) is 6.61 Å². The largest absolute Gasteiger partial charge is 0.481 e. The van der Waals surface area contributed by atoms with Crippen LogP contribution in [-0.2, 0) is 16.1 Å². The van der Waals surface area contributed by atoms with Crippen LogP contribution in [0.5, 0.6) is 0 Å². The summed E-state index contributed by atoms with van der Waals surface area (Å²) in [5.74, 6) is -0.0904. The molecule has 118 valence electrons. The Bertz CT molecular complexity index is 545. The molecule has 0 bridgehead atoms. The van der Waals surface area contributed by atoms with Crippen molar-refractivity contribution in [2.24, 2.45) is 11.8 Å². The van der Waals surface area contributed by atoms with Gasteiger partial charge in [0.15, 0.2) is 0 Å². The minimum Gasteiger partial charge on any atom is -0.481 e. The molecule has 1 N–H and O–H groups in total. The predicted octanol–water partition coefficient (Wildman–Crippen LogP) is 2.90. The number of nitrogens with zero attached hydrogens (tertiary/aromatic N) is 1. The standard InChI is InChI=1S/C17H21NO4/c19-16(20)9-15-14-8-4-7-13(14)10-18(15)17(21)22-11-12-5-2-1-3-6-12/h1-3,5-6,13-15H,4,7-11H2,(H,19,20)/t13-,14-,15-/m0/s1. The summed E-state index contributed by atoms with van der Waals surface area (Å²) >= 11 is 0. The van der Waals surface area contributed by atoms with Crippen molar-refractivity contribution in [3.8, 4) is 0 Å². The Kier molecular flexibility index (Phi) is 4.32. The smallest absolute Gasteiger partial charge is 0.410 e. The second-order valence-corrected chi connectivity index (χ2v) is 6.21. The van der Waals surface area contributed by atoms with E-state index >= 15 is 0 Å². The highest BCUT2D eigenvalue weighted by molar-refractivity contribution is 5.72. The monoisotopic (exact) mass is 303 g/mol. The van der Waals surface area contributed by atoms with E-state index in [9.17, 15) is 9.59 Å². The molecule has 3 rings (SSSR count). The summed E-state index contributed by atoms with van der Waals surface area (Å²) in [4.78, 5) is 25.1. The number of carbonyl (C=O) groups excluding carboxylic acids is 1. The summed E-state index contributed by atoms with van der Waals surface area (Å²) < 4.78 is 5.38. The zero-order valence-corrected chi connectivity index (χ0v) is 12.5. The van der Waals surface area contributed by atoms with E-state index in [2.05, 4.69) is 0 Å². The van der Waals surface area contributed by atoms with Crippen LogP contribution in [-0.4, -0.2) is 34.7 Å². The molecule has 0 unspecified atom stereocenters. The quantitative estimate of drug-likeness (QED) is 0.928. The third-order valence-electron chi connectivity index (χ3n) is 4.87. The first kappa shape index (κ1) is 14.9. The fourth-order valence-corrected chi connectivity index (χ4v) is 3.87. The van der Waals surface area contributed by atoms with Gasteiger partial charge in [0.05, 0.1) is 6.42 Å². The first-order valence-electron chi connectivity index (χ1n) is 7.84. The summed E-state index contributed by atoms with van der Waals surface area (Å²) in [6.45, 7) is 0.863. The Hall–Kier alpha value is -2.04. The molecule has 0 spiro atoms. The van der Waals surface area contributed by atoms with Crippen LogP contribution in [0.25, 0.3) is 0 Å². The van der Waals surface area contributed by atoms with Crippen molar-refractivity contribution in [2.45, 2.75) is 38.3 Å². The van der Waals surface area contributed by atoms with Crippen molar-refractivity contribution >= 4 is 12.1 Å². The number of carboxylic acids is 1. The summed E-state index contributed by atoms with van der Waals surface area (Å²) in [5.41, 5.74) is 0.935. The van der Waals surface area contributed by atoms with E-state index in [1.807, 2.05) is 30.3 Å². The summed E-state index contributed by atoms with van der Waals surface area (Å²) in [7, 11) is 0. The van der Waals surface area contributed by atoms with Crippen LogP contribution in [0.2, 0.25) is 0 Å². The van der Waals surface area contributed by atoms with Gasteiger partial charge in [-0.05, 0) is 30.2 Å². The number of hydrogen-bond donors (Lipinski definition) is 1. The molecule has 1 saturated carbocycles. The molecular weight excluding hydrogens is 282 g/mol. The Labute approximate surface area is 129 Å². The van der Waals surface area contributed by atoms with Crippen LogP contribution in [0, 0.1) is 11.8 Å². The molecule has 1 saturated heterocycles. The van der Waals surface area contributed by atoms with E-state index in [0.29, 0.717) is 18.4 Å². The molecule has 0 aromatic heterocycles. The van der Waals surface area contributed by atoms with Crippen LogP contribution in [0.4, 0.5) is 4.79 Å². The number of amides is 1. The number of carboxylic acid groups (broad SMARTS) is 1. The maximum atomic E-state index is 12.4. The van der Waals surface area contributed by atoms with E-state index in [-0.39, 0.29) is 25.2 Å². The van der Waals surface area contributed by atoms with Gasteiger partial charge in [-0.2, -0.15) is 0 Å². The lowest BCUT2D eigenvalue weighted by atomic mass is 9.92. The van der Waals surface area contributed by atoms with Crippen molar-refractivity contribution in [1.82, 2.24) is 4.90 Å². The SMILES string of the molecule is O=C(O)C[C@H]1[C@H]2CCC[C@H]2CN1C(=O)OCc1ccccc1. The number of carbonyl (C=O) groups is 2. The van der Waals surface area contributed by atoms with Crippen LogP contribution < -0.4 is 0 Å². The zero-order chi connectivity index (χ0) is 15.5. The number of rotatable bonds is 4. The number of ether oxygens (including phenoxy) is 1. The minimum atomic E-state index is -0.849. The van der Waals surface area contributed by atoms with Crippen molar-refractivity contribution in [1.29, 1.82) is 0 Å². The molecule has 2 aliphatic rings. The average molecular weight is 303 g/mol. The molecule has 0 radical (unpaired) electrons. The molecule has 5 heteroatoms. The van der Waals surface area contributed by atoms with Gasteiger partial charge in [-0.1, -0.05) is 36.8 Å². The zero-order valence-electron chi connectivity index (χ0n) is 12.5. The maximum absolute atomic E-state index is 12.4. The normalized spacial score (nSPS) is 26.7. The van der Waals surface area contributed by atoms with E-state index < -0.39 is 5.97 Å². The van der Waals surface area contributed by atoms with Gasteiger partial charge in [-0.3, -0.25) is 4.79 Å². The second kappa shape index (κ2) is 6.38. The van der Waals surface area contributed by atoms with Gasteiger partial charge in [0, 0.05) is 12.6 Å². The molecule has 1 amide bonds. The average Bonchev–Trinajstić information content (AvgIpc) is 3.08. The number of benzene rings is 1. The van der Waals surface area contributed by atoms with E-state index in [0.717, 1.165) is 24.8 Å². The van der Waals surface area contributed by atoms with Crippen LogP contribution in [0.3, 0.4) is 0 Å². The Balaban J connectivity index is 1.64. The lowest BCUT2D eigenvalue weighted by molar-refractivity contribution is -0.138. The summed E-state index contributed by atoms with van der Waals surface area (Å²) in [6.07, 6.45) is 2.87. The molecule has 1 aliphatic heterocycles. The third-order valence-corrected chi connectivity index (χ3v) is 4.87. The highest BCUT2D eigenvalue weighted by Crippen LogP contribution is 2.43. The molecule has 2 fully saturated rings. The minimum absolute atomic E-state index is 0.0155. The van der Waals surface area contributed by atoms with Gasteiger partial charge in [-0.25, -0.2) is 4.79 Å². The van der Waals surface area contributed by atoms with Gasteiger partial charge in [0.2, 0.25) is 0 Å². The highest BCUT2D eigenvalue weighted by Gasteiger charge is 2.47. The molecule has 5 nitrogen and oxygen atoms in total. The number of fused-ring (bicyclic) bond motifs is 1. The highest BCUT2D eigenvalue weighted by atomic mass is 16.6. The molecule has 1 aromatic rings. The second-order valence-electron chi connectivity index (χ2n) is 6.21. The van der Waals surface area contributed by atoms with Gasteiger partial charge < -0.3 is 14.7 Å². The number of likely N-dealkylation sites (tertiary alicyclic amines) is 1. The number of aliphatic carboxylic acids is 1.